The third-order valence-corrected chi connectivity index (χ3v) is 3.52. The Balaban J connectivity index is 1.94. The molecule has 1 N–H and O–H groups in total. The molecule has 0 saturated carbocycles. The number of likely N-dealkylation sites (N-methyl/N-ethyl adjacent to an activating group) is 1. The number of carbonyl (C=O) groups is 1. The van der Waals surface area contributed by atoms with Crippen LogP contribution in [0.5, 0.6) is 0 Å². The Bertz CT molecular complexity index is 683. The maximum absolute atomic E-state index is 12.3. The predicted molar refractivity (Wildman–Crippen MR) is 84.2 cm³/mol. The van der Waals surface area contributed by atoms with Gasteiger partial charge in [0.2, 0.25) is 5.91 Å². The first-order valence-corrected chi connectivity index (χ1v) is 7.06. The largest absolute Gasteiger partial charge is 0.465 e. The molecule has 0 radical (unpaired) electrons. The van der Waals surface area contributed by atoms with Gasteiger partial charge in [0.1, 0.15) is 11.5 Å². The van der Waals surface area contributed by atoms with Crippen LogP contribution in [0.4, 0.5) is 5.69 Å². The van der Waals surface area contributed by atoms with Gasteiger partial charge in [-0.1, -0.05) is 0 Å². The van der Waals surface area contributed by atoms with E-state index >= 15 is 0 Å². The fourth-order valence-electron chi connectivity index (χ4n) is 2.03. The second-order valence-electron chi connectivity index (χ2n) is 5.28. The topological polar surface area (TPSA) is 69.3 Å². The van der Waals surface area contributed by atoms with E-state index in [0.29, 0.717) is 17.8 Å². The number of nitrogens with zero attached hydrogens (tertiary/aromatic N) is 2. The zero-order valence-electron chi connectivity index (χ0n) is 13.0. The number of nitriles is 1. The molecular formula is C17H19N3O2. The minimum Gasteiger partial charge on any atom is -0.465 e. The van der Waals surface area contributed by atoms with Gasteiger partial charge in [-0.15, -0.1) is 0 Å². The van der Waals surface area contributed by atoms with Gasteiger partial charge in [-0.25, -0.2) is 0 Å². The van der Waals surface area contributed by atoms with Crippen molar-refractivity contribution in [3.63, 3.8) is 0 Å². The highest BCUT2D eigenvalue weighted by atomic mass is 16.3. The van der Waals surface area contributed by atoms with E-state index in [1.165, 1.54) is 0 Å². The van der Waals surface area contributed by atoms with Crippen molar-refractivity contribution >= 4 is 11.6 Å². The number of benzene rings is 1. The Morgan fingerprint density at radius 2 is 2.00 bits per heavy atom. The lowest BCUT2D eigenvalue weighted by molar-refractivity contribution is -0.120. The van der Waals surface area contributed by atoms with E-state index < -0.39 is 0 Å². The Kier molecular flexibility index (Phi) is 4.97. The Morgan fingerprint density at radius 3 is 2.55 bits per heavy atom. The molecule has 0 aliphatic heterocycles. The van der Waals surface area contributed by atoms with E-state index in [4.69, 9.17) is 9.68 Å². The highest BCUT2D eigenvalue weighted by molar-refractivity contribution is 5.94. The van der Waals surface area contributed by atoms with Gasteiger partial charge < -0.3 is 9.73 Å². The summed E-state index contributed by atoms with van der Waals surface area (Å²) < 4.78 is 5.52. The molecule has 2 aromatic rings. The fourth-order valence-corrected chi connectivity index (χ4v) is 2.03. The summed E-state index contributed by atoms with van der Waals surface area (Å²) in [5, 5.41) is 11.6. The van der Waals surface area contributed by atoms with Crippen LogP contribution in [0, 0.1) is 18.3 Å². The Morgan fingerprint density at radius 1 is 1.32 bits per heavy atom. The smallest absolute Gasteiger partial charge is 0.241 e. The van der Waals surface area contributed by atoms with Crippen molar-refractivity contribution in [3.8, 4) is 6.07 Å². The minimum atomic E-state index is -0.305. The van der Waals surface area contributed by atoms with Gasteiger partial charge in [0, 0.05) is 5.69 Å². The summed E-state index contributed by atoms with van der Waals surface area (Å²) in [6.45, 7) is 4.30. The molecule has 5 heteroatoms. The highest BCUT2D eigenvalue weighted by Gasteiger charge is 2.19. The summed E-state index contributed by atoms with van der Waals surface area (Å²) in [6.07, 6.45) is 0. The molecule has 0 aliphatic rings. The first-order valence-electron chi connectivity index (χ1n) is 7.06. The summed E-state index contributed by atoms with van der Waals surface area (Å²) in [6, 6.07) is 12.4. The number of anilines is 1. The lowest BCUT2D eigenvalue weighted by Gasteiger charge is -2.22. The van der Waals surface area contributed by atoms with Crippen LogP contribution in [-0.4, -0.2) is 23.9 Å². The molecule has 0 aliphatic carbocycles. The van der Waals surface area contributed by atoms with Crippen LogP contribution in [0.2, 0.25) is 0 Å². The monoisotopic (exact) mass is 297 g/mol. The maximum atomic E-state index is 12.3. The number of furan rings is 1. The molecule has 1 amide bonds. The second-order valence-corrected chi connectivity index (χ2v) is 5.28. The summed E-state index contributed by atoms with van der Waals surface area (Å²) in [4.78, 5) is 14.2. The van der Waals surface area contributed by atoms with Crippen LogP contribution in [0.1, 0.15) is 24.0 Å². The fraction of sp³-hybridized carbons (Fsp3) is 0.294. The van der Waals surface area contributed by atoms with E-state index in [1.54, 1.807) is 24.3 Å². The van der Waals surface area contributed by atoms with Crippen LogP contribution >= 0.6 is 0 Å². The molecule has 0 saturated heterocycles. The Hall–Kier alpha value is -2.58. The van der Waals surface area contributed by atoms with Gasteiger partial charge in [-0.3, -0.25) is 9.69 Å². The zero-order chi connectivity index (χ0) is 16.1. The zero-order valence-corrected chi connectivity index (χ0v) is 13.0. The van der Waals surface area contributed by atoms with Crippen molar-refractivity contribution in [2.24, 2.45) is 0 Å². The van der Waals surface area contributed by atoms with E-state index in [9.17, 15) is 4.79 Å². The maximum Gasteiger partial charge on any atom is 0.241 e. The molecule has 0 fully saturated rings. The molecule has 2 rings (SSSR count). The highest BCUT2D eigenvalue weighted by Crippen LogP contribution is 2.13. The first-order chi connectivity index (χ1) is 10.5. The van der Waals surface area contributed by atoms with Gasteiger partial charge in [-0.05, 0) is 57.3 Å². The Labute approximate surface area is 130 Å². The quantitative estimate of drug-likeness (QED) is 0.921. The molecule has 5 nitrogen and oxygen atoms in total. The van der Waals surface area contributed by atoms with Crippen LogP contribution in [0.15, 0.2) is 40.8 Å². The van der Waals surface area contributed by atoms with Crippen LogP contribution in [0.25, 0.3) is 0 Å². The van der Waals surface area contributed by atoms with Crippen LogP contribution in [-0.2, 0) is 11.3 Å². The van der Waals surface area contributed by atoms with E-state index in [0.717, 1.165) is 11.5 Å². The summed E-state index contributed by atoms with van der Waals surface area (Å²) in [5.74, 6) is 1.59. The third-order valence-electron chi connectivity index (χ3n) is 3.52. The van der Waals surface area contributed by atoms with Crippen molar-refractivity contribution in [2.45, 2.75) is 26.4 Å². The molecule has 22 heavy (non-hydrogen) atoms. The minimum absolute atomic E-state index is 0.101. The van der Waals surface area contributed by atoms with Gasteiger partial charge >= 0.3 is 0 Å². The molecule has 1 atom stereocenters. The van der Waals surface area contributed by atoms with Crippen LogP contribution < -0.4 is 5.32 Å². The molecule has 0 bridgehead atoms. The lowest BCUT2D eigenvalue weighted by atomic mass is 10.2. The molecule has 0 unspecified atom stereocenters. The van der Waals surface area contributed by atoms with Crippen molar-refractivity contribution < 1.29 is 9.21 Å². The number of rotatable bonds is 5. The van der Waals surface area contributed by atoms with Crippen LogP contribution in [0.3, 0.4) is 0 Å². The van der Waals surface area contributed by atoms with E-state index in [2.05, 4.69) is 5.32 Å². The van der Waals surface area contributed by atoms with Gasteiger partial charge in [-0.2, -0.15) is 5.26 Å². The number of amides is 1. The standard InChI is InChI=1S/C17H19N3O2/c1-12-4-9-16(22-12)11-20(3)13(2)17(21)19-15-7-5-14(10-18)6-8-15/h4-9,13H,11H2,1-3H3,(H,19,21)/t13-/m0/s1. The normalized spacial score (nSPS) is 12.0. The number of hydrogen-bond donors (Lipinski definition) is 1. The summed E-state index contributed by atoms with van der Waals surface area (Å²) in [5.41, 5.74) is 1.24. The number of aryl methyl sites for hydroxylation is 1. The number of carbonyl (C=O) groups excluding carboxylic acids is 1. The molecule has 1 aromatic heterocycles. The van der Waals surface area contributed by atoms with Gasteiger partial charge in [0.15, 0.2) is 0 Å². The SMILES string of the molecule is Cc1ccc(CN(C)[C@@H](C)C(=O)Nc2ccc(C#N)cc2)o1. The molecule has 1 aromatic carbocycles. The van der Waals surface area contributed by atoms with Gasteiger partial charge in [0.25, 0.3) is 0 Å². The lowest BCUT2D eigenvalue weighted by Crippen LogP contribution is -2.39. The third kappa shape index (κ3) is 3.96. The molecular weight excluding hydrogens is 278 g/mol. The average molecular weight is 297 g/mol. The van der Waals surface area contributed by atoms with Gasteiger partial charge in [0.05, 0.1) is 24.2 Å². The number of nitrogens with one attached hydrogen (secondary N) is 1. The average Bonchev–Trinajstić information content (AvgIpc) is 2.92. The first kappa shape index (κ1) is 15.8. The molecule has 114 valence electrons. The summed E-state index contributed by atoms with van der Waals surface area (Å²) >= 11 is 0. The molecule has 1 heterocycles. The predicted octanol–water partition coefficient (Wildman–Crippen LogP) is 2.92. The number of hydrogen-bond acceptors (Lipinski definition) is 4. The van der Waals surface area contributed by atoms with Crippen molar-refractivity contribution in [3.05, 3.63) is 53.5 Å². The second kappa shape index (κ2) is 6.92. The van der Waals surface area contributed by atoms with Crippen molar-refractivity contribution in [1.82, 2.24) is 4.90 Å². The van der Waals surface area contributed by atoms with Crippen molar-refractivity contribution in [2.75, 3.05) is 12.4 Å². The van der Waals surface area contributed by atoms with E-state index in [-0.39, 0.29) is 11.9 Å². The summed E-state index contributed by atoms with van der Waals surface area (Å²) in [7, 11) is 1.88. The van der Waals surface area contributed by atoms with E-state index in [1.807, 2.05) is 44.0 Å². The van der Waals surface area contributed by atoms with Crippen molar-refractivity contribution in [1.29, 1.82) is 5.26 Å². The molecule has 0 spiro atoms.